The Morgan fingerprint density at radius 1 is 1.62 bits per heavy atom. The van der Waals surface area contributed by atoms with Crippen LogP contribution in [0.1, 0.15) is 6.92 Å². The van der Waals surface area contributed by atoms with E-state index in [1.165, 1.54) is 0 Å². The summed E-state index contributed by atoms with van der Waals surface area (Å²) in [4.78, 5) is 1.86. The second-order valence-electron chi connectivity index (χ2n) is 1.64. The zero-order valence-corrected chi connectivity index (χ0v) is 5.30. The molecule has 0 aliphatic rings. The predicted molar refractivity (Wildman–Crippen MR) is 33.4 cm³/mol. The highest BCUT2D eigenvalue weighted by atomic mass is 16.3. The van der Waals surface area contributed by atoms with E-state index in [2.05, 4.69) is 0 Å². The Labute approximate surface area is 50.1 Å². The first-order valence-corrected chi connectivity index (χ1v) is 2.88. The molecule has 0 aromatic rings. The lowest BCUT2D eigenvalue weighted by Crippen LogP contribution is -2.29. The van der Waals surface area contributed by atoms with E-state index in [-0.39, 0.29) is 6.73 Å². The summed E-state index contributed by atoms with van der Waals surface area (Å²) in [6.07, 6.45) is 0. The van der Waals surface area contributed by atoms with Gasteiger partial charge in [0.05, 0.1) is 6.73 Å². The van der Waals surface area contributed by atoms with Crippen LogP contribution in [0.5, 0.6) is 0 Å². The third-order valence-electron chi connectivity index (χ3n) is 1.09. The predicted octanol–water partition coefficient (Wildman–Crippen LogP) is -0.783. The fourth-order valence-corrected chi connectivity index (χ4v) is 0.511. The van der Waals surface area contributed by atoms with Gasteiger partial charge < -0.3 is 10.8 Å². The van der Waals surface area contributed by atoms with Crippen molar-refractivity contribution in [2.24, 2.45) is 5.73 Å². The van der Waals surface area contributed by atoms with E-state index in [0.717, 1.165) is 13.1 Å². The van der Waals surface area contributed by atoms with E-state index in [0.29, 0.717) is 6.54 Å². The van der Waals surface area contributed by atoms with Crippen molar-refractivity contribution in [1.29, 1.82) is 0 Å². The maximum atomic E-state index is 8.53. The molecule has 0 unspecified atom stereocenters. The zero-order valence-electron chi connectivity index (χ0n) is 5.30. The van der Waals surface area contributed by atoms with Gasteiger partial charge in [-0.3, -0.25) is 4.90 Å². The second kappa shape index (κ2) is 5.03. The van der Waals surface area contributed by atoms with Crippen molar-refractivity contribution in [3.63, 3.8) is 0 Å². The molecule has 0 bridgehead atoms. The SMILES string of the molecule is CCN(CO)CCN. The maximum Gasteiger partial charge on any atom is 0.0956 e. The minimum absolute atomic E-state index is 0.119. The molecule has 0 aliphatic heterocycles. The number of hydrogen-bond acceptors (Lipinski definition) is 3. The molecular weight excluding hydrogens is 104 g/mol. The van der Waals surface area contributed by atoms with E-state index >= 15 is 0 Å². The summed E-state index contributed by atoms with van der Waals surface area (Å²) in [7, 11) is 0. The van der Waals surface area contributed by atoms with Crippen molar-refractivity contribution < 1.29 is 5.11 Å². The van der Waals surface area contributed by atoms with E-state index < -0.39 is 0 Å². The third-order valence-corrected chi connectivity index (χ3v) is 1.09. The molecule has 3 N–H and O–H groups in total. The Hall–Kier alpha value is -0.120. The van der Waals surface area contributed by atoms with Crippen LogP contribution in [0, 0.1) is 0 Å². The van der Waals surface area contributed by atoms with Crippen molar-refractivity contribution in [2.45, 2.75) is 6.92 Å². The Kier molecular flexibility index (Phi) is 4.95. The standard InChI is InChI=1S/C5H14N2O/c1-2-7(5-8)4-3-6/h8H,2-6H2,1H3. The Bertz CT molecular complexity index is 45.7. The van der Waals surface area contributed by atoms with Gasteiger partial charge in [-0.1, -0.05) is 6.92 Å². The van der Waals surface area contributed by atoms with Crippen LogP contribution in [0.3, 0.4) is 0 Å². The molecule has 0 atom stereocenters. The van der Waals surface area contributed by atoms with Crippen LogP contribution in [-0.2, 0) is 0 Å². The number of rotatable bonds is 4. The summed E-state index contributed by atoms with van der Waals surface area (Å²) in [6.45, 7) is 4.38. The molecule has 0 fully saturated rings. The van der Waals surface area contributed by atoms with Crippen molar-refractivity contribution in [1.82, 2.24) is 4.90 Å². The van der Waals surface area contributed by atoms with E-state index in [1.54, 1.807) is 0 Å². The molecule has 0 aliphatic carbocycles. The van der Waals surface area contributed by atoms with Crippen LogP contribution in [0.2, 0.25) is 0 Å². The lowest BCUT2D eigenvalue weighted by molar-refractivity contribution is 0.116. The summed E-state index contributed by atoms with van der Waals surface area (Å²) >= 11 is 0. The van der Waals surface area contributed by atoms with Crippen molar-refractivity contribution >= 4 is 0 Å². The molecule has 3 nitrogen and oxygen atoms in total. The molecule has 0 rings (SSSR count). The maximum absolute atomic E-state index is 8.53. The van der Waals surface area contributed by atoms with Gasteiger partial charge in [0.25, 0.3) is 0 Å². The topological polar surface area (TPSA) is 49.5 Å². The molecule has 0 spiro atoms. The van der Waals surface area contributed by atoms with Gasteiger partial charge in [-0.25, -0.2) is 0 Å². The van der Waals surface area contributed by atoms with Crippen LogP contribution in [-0.4, -0.2) is 36.4 Å². The van der Waals surface area contributed by atoms with E-state index in [9.17, 15) is 0 Å². The fourth-order valence-electron chi connectivity index (χ4n) is 0.511. The van der Waals surface area contributed by atoms with Crippen molar-refractivity contribution in [2.75, 3.05) is 26.4 Å². The van der Waals surface area contributed by atoms with Gasteiger partial charge in [-0.2, -0.15) is 0 Å². The van der Waals surface area contributed by atoms with Crippen LogP contribution < -0.4 is 5.73 Å². The molecule has 50 valence electrons. The van der Waals surface area contributed by atoms with Crippen molar-refractivity contribution in [3.8, 4) is 0 Å². The average molecular weight is 118 g/mol. The molecule has 0 amide bonds. The first-order valence-electron chi connectivity index (χ1n) is 2.88. The smallest absolute Gasteiger partial charge is 0.0956 e. The van der Waals surface area contributed by atoms with Crippen LogP contribution >= 0.6 is 0 Å². The molecule has 0 saturated heterocycles. The lowest BCUT2D eigenvalue weighted by Gasteiger charge is -2.14. The number of hydrogen-bond donors (Lipinski definition) is 2. The summed E-state index contributed by atoms with van der Waals surface area (Å²) in [6, 6.07) is 0. The molecule has 0 aromatic carbocycles. The van der Waals surface area contributed by atoms with Crippen molar-refractivity contribution in [3.05, 3.63) is 0 Å². The Morgan fingerprint density at radius 2 is 2.25 bits per heavy atom. The van der Waals surface area contributed by atoms with Crippen LogP contribution in [0.15, 0.2) is 0 Å². The summed E-state index contributed by atoms with van der Waals surface area (Å²) in [5.41, 5.74) is 5.23. The number of nitrogens with two attached hydrogens (primary N) is 1. The second-order valence-corrected chi connectivity index (χ2v) is 1.64. The zero-order chi connectivity index (χ0) is 6.41. The molecule has 0 heterocycles. The summed E-state index contributed by atoms with van der Waals surface area (Å²) in [5.74, 6) is 0. The number of aliphatic hydroxyl groups excluding tert-OH is 1. The average Bonchev–Trinajstić information content (AvgIpc) is 1.83. The quantitative estimate of drug-likeness (QED) is 0.476. The molecule has 3 heteroatoms. The molecule has 8 heavy (non-hydrogen) atoms. The summed E-state index contributed by atoms with van der Waals surface area (Å²) in [5, 5.41) is 8.53. The van der Waals surface area contributed by atoms with Gasteiger partial charge in [0.15, 0.2) is 0 Å². The summed E-state index contributed by atoms with van der Waals surface area (Å²) < 4.78 is 0. The minimum atomic E-state index is 0.119. The van der Waals surface area contributed by atoms with Gasteiger partial charge in [0.1, 0.15) is 0 Å². The van der Waals surface area contributed by atoms with Gasteiger partial charge in [-0.05, 0) is 6.54 Å². The largest absolute Gasteiger partial charge is 0.381 e. The van der Waals surface area contributed by atoms with Gasteiger partial charge >= 0.3 is 0 Å². The highest BCUT2D eigenvalue weighted by Crippen LogP contribution is 1.79. The minimum Gasteiger partial charge on any atom is -0.381 e. The number of likely N-dealkylation sites (N-methyl/N-ethyl adjacent to an activating group) is 1. The van der Waals surface area contributed by atoms with E-state index in [4.69, 9.17) is 10.8 Å². The monoisotopic (exact) mass is 118 g/mol. The van der Waals surface area contributed by atoms with Crippen LogP contribution in [0.25, 0.3) is 0 Å². The molecule has 0 aromatic heterocycles. The van der Waals surface area contributed by atoms with Gasteiger partial charge in [-0.15, -0.1) is 0 Å². The molecular formula is C5H14N2O. The van der Waals surface area contributed by atoms with Gasteiger partial charge in [0.2, 0.25) is 0 Å². The normalized spacial score (nSPS) is 10.5. The Morgan fingerprint density at radius 3 is 2.38 bits per heavy atom. The first-order chi connectivity index (χ1) is 3.85. The highest BCUT2D eigenvalue weighted by Gasteiger charge is 1.94. The van der Waals surface area contributed by atoms with Crippen LogP contribution in [0.4, 0.5) is 0 Å². The molecule has 0 radical (unpaired) electrons. The number of aliphatic hydroxyl groups is 1. The third kappa shape index (κ3) is 2.96. The lowest BCUT2D eigenvalue weighted by atomic mass is 10.5. The number of nitrogens with zero attached hydrogens (tertiary/aromatic N) is 1. The van der Waals surface area contributed by atoms with E-state index in [1.807, 2.05) is 11.8 Å². The highest BCUT2D eigenvalue weighted by molar-refractivity contribution is 4.47. The fraction of sp³-hybridized carbons (Fsp3) is 1.00. The van der Waals surface area contributed by atoms with Gasteiger partial charge in [0, 0.05) is 13.1 Å². The Balaban J connectivity index is 3.07. The molecule has 0 saturated carbocycles. The first kappa shape index (κ1) is 7.88.